The Hall–Kier alpha value is -2.37. The van der Waals surface area contributed by atoms with Gasteiger partial charge in [0.25, 0.3) is 5.91 Å². The fourth-order valence-electron chi connectivity index (χ4n) is 2.31. The standard InChI is InChI=1S/C16H20N2O4/c1-11(16(21)22)10-17-15(20)12-5-7-13(8-6-12)18-9-3-2-4-14(18)19/h5-8,11H,2-4,9-10H2,1H3,(H,17,20)(H,21,22). The second kappa shape index (κ2) is 7.06. The van der Waals surface area contributed by atoms with E-state index in [0.717, 1.165) is 18.5 Å². The molecule has 0 radical (unpaired) electrons. The summed E-state index contributed by atoms with van der Waals surface area (Å²) in [5.74, 6) is -1.78. The lowest BCUT2D eigenvalue weighted by Crippen LogP contribution is -2.35. The average Bonchev–Trinajstić information content (AvgIpc) is 2.52. The Balaban J connectivity index is 1.97. The molecule has 1 aromatic carbocycles. The molecule has 0 aliphatic carbocycles. The van der Waals surface area contributed by atoms with E-state index in [0.29, 0.717) is 18.5 Å². The minimum absolute atomic E-state index is 0.0839. The predicted molar refractivity (Wildman–Crippen MR) is 81.8 cm³/mol. The number of hydrogen-bond donors (Lipinski definition) is 2. The van der Waals surface area contributed by atoms with Gasteiger partial charge in [-0.15, -0.1) is 0 Å². The highest BCUT2D eigenvalue weighted by Crippen LogP contribution is 2.21. The first-order valence-electron chi connectivity index (χ1n) is 7.40. The lowest BCUT2D eigenvalue weighted by Gasteiger charge is -2.26. The maximum atomic E-state index is 11.9. The van der Waals surface area contributed by atoms with Crippen molar-refractivity contribution in [1.82, 2.24) is 5.32 Å². The number of carbonyl (C=O) groups excluding carboxylic acids is 2. The third-order valence-corrected chi connectivity index (χ3v) is 3.75. The molecule has 0 bridgehead atoms. The van der Waals surface area contributed by atoms with Crippen LogP contribution >= 0.6 is 0 Å². The summed E-state index contributed by atoms with van der Waals surface area (Å²) in [4.78, 5) is 36.2. The monoisotopic (exact) mass is 304 g/mol. The Kier molecular flexibility index (Phi) is 5.14. The number of carboxylic acids is 1. The van der Waals surface area contributed by atoms with Gasteiger partial charge in [0, 0.05) is 30.8 Å². The van der Waals surface area contributed by atoms with Gasteiger partial charge in [-0.3, -0.25) is 14.4 Å². The maximum absolute atomic E-state index is 11.9. The van der Waals surface area contributed by atoms with Crippen molar-refractivity contribution < 1.29 is 19.5 Å². The number of carbonyl (C=O) groups is 3. The second-order valence-electron chi connectivity index (χ2n) is 5.50. The normalized spacial score (nSPS) is 16.2. The van der Waals surface area contributed by atoms with Crippen LogP contribution in [0.2, 0.25) is 0 Å². The topological polar surface area (TPSA) is 86.7 Å². The molecule has 118 valence electrons. The number of benzene rings is 1. The number of nitrogens with zero attached hydrogens (tertiary/aromatic N) is 1. The summed E-state index contributed by atoms with van der Waals surface area (Å²) in [5, 5.41) is 11.4. The van der Waals surface area contributed by atoms with E-state index in [1.165, 1.54) is 6.92 Å². The minimum atomic E-state index is -0.945. The third-order valence-electron chi connectivity index (χ3n) is 3.75. The highest BCUT2D eigenvalue weighted by molar-refractivity contribution is 5.97. The van der Waals surface area contributed by atoms with E-state index < -0.39 is 11.9 Å². The summed E-state index contributed by atoms with van der Waals surface area (Å²) < 4.78 is 0. The van der Waals surface area contributed by atoms with Gasteiger partial charge in [-0.25, -0.2) is 0 Å². The number of anilines is 1. The van der Waals surface area contributed by atoms with Gasteiger partial charge in [0.1, 0.15) is 0 Å². The summed E-state index contributed by atoms with van der Waals surface area (Å²) in [7, 11) is 0. The number of rotatable bonds is 5. The van der Waals surface area contributed by atoms with Crippen molar-refractivity contribution in [3.05, 3.63) is 29.8 Å². The van der Waals surface area contributed by atoms with Crippen LogP contribution in [0.25, 0.3) is 0 Å². The van der Waals surface area contributed by atoms with Crippen LogP contribution in [0, 0.1) is 5.92 Å². The lowest BCUT2D eigenvalue weighted by atomic mass is 10.1. The fraction of sp³-hybridized carbons (Fsp3) is 0.438. The molecule has 2 rings (SSSR count). The molecular weight excluding hydrogens is 284 g/mol. The van der Waals surface area contributed by atoms with Gasteiger partial charge < -0.3 is 15.3 Å². The van der Waals surface area contributed by atoms with Gasteiger partial charge in [-0.05, 0) is 37.1 Å². The molecule has 1 unspecified atom stereocenters. The van der Waals surface area contributed by atoms with Gasteiger partial charge in [0.2, 0.25) is 5.91 Å². The smallest absolute Gasteiger partial charge is 0.308 e. The molecule has 0 saturated carbocycles. The fourth-order valence-corrected chi connectivity index (χ4v) is 2.31. The first-order chi connectivity index (χ1) is 10.5. The minimum Gasteiger partial charge on any atom is -0.481 e. The van der Waals surface area contributed by atoms with E-state index >= 15 is 0 Å². The van der Waals surface area contributed by atoms with Gasteiger partial charge in [-0.1, -0.05) is 6.92 Å². The molecule has 1 fully saturated rings. The second-order valence-corrected chi connectivity index (χ2v) is 5.50. The van der Waals surface area contributed by atoms with Gasteiger partial charge in [-0.2, -0.15) is 0 Å². The van der Waals surface area contributed by atoms with Gasteiger partial charge in [0.05, 0.1) is 5.92 Å². The van der Waals surface area contributed by atoms with Crippen LogP contribution in [0.1, 0.15) is 36.5 Å². The molecular formula is C16H20N2O4. The first kappa shape index (κ1) is 16.0. The van der Waals surface area contributed by atoms with Crippen LogP contribution in [0.4, 0.5) is 5.69 Å². The number of nitrogens with one attached hydrogen (secondary N) is 1. The highest BCUT2D eigenvalue weighted by Gasteiger charge is 2.20. The summed E-state index contributed by atoms with van der Waals surface area (Å²) >= 11 is 0. The molecule has 1 atom stereocenters. The van der Waals surface area contributed by atoms with E-state index in [2.05, 4.69) is 5.32 Å². The Morgan fingerprint density at radius 1 is 1.27 bits per heavy atom. The quantitative estimate of drug-likeness (QED) is 0.866. The largest absolute Gasteiger partial charge is 0.481 e. The highest BCUT2D eigenvalue weighted by atomic mass is 16.4. The molecule has 1 aromatic rings. The zero-order chi connectivity index (χ0) is 16.1. The van der Waals surface area contributed by atoms with Crippen molar-refractivity contribution in [1.29, 1.82) is 0 Å². The van der Waals surface area contributed by atoms with Crippen molar-refractivity contribution in [2.24, 2.45) is 5.92 Å². The van der Waals surface area contributed by atoms with Crippen LogP contribution in [0.5, 0.6) is 0 Å². The van der Waals surface area contributed by atoms with E-state index in [4.69, 9.17) is 5.11 Å². The summed E-state index contributed by atoms with van der Waals surface area (Å²) in [6.07, 6.45) is 2.48. The summed E-state index contributed by atoms with van der Waals surface area (Å²) in [5.41, 5.74) is 1.24. The Morgan fingerprint density at radius 3 is 2.55 bits per heavy atom. The Bertz CT molecular complexity index is 568. The van der Waals surface area contributed by atoms with Crippen LogP contribution < -0.4 is 10.2 Å². The van der Waals surface area contributed by atoms with Gasteiger partial charge in [0.15, 0.2) is 0 Å². The molecule has 22 heavy (non-hydrogen) atoms. The van der Waals surface area contributed by atoms with E-state index in [1.807, 2.05) is 0 Å². The SMILES string of the molecule is CC(CNC(=O)c1ccc(N2CCCCC2=O)cc1)C(=O)O. The molecule has 2 amide bonds. The van der Waals surface area contributed by atoms with Crippen molar-refractivity contribution in [2.75, 3.05) is 18.0 Å². The predicted octanol–water partition coefficient (Wildman–Crippen LogP) is 1.65. The van der Waals surface area contributed by atoms with Crippen LogP contribution in [-0.2, 0) is 9.59 Å². The molecule has 0 spiro atoms. The number of piperidine rings is 1. The van der Waals surface area contributed by atoms with Crippen molar-refractivity contribution in [2.45, 2.75) is 26.2 Å². The Labute approximate surface area is 129 Å². The van der Waals surface area contributed by atoms with Crippen LogP contribution in [-0.4, -0.2) is 36.0 Å². The molecule has 1 aliphatic rings. The van der Waals surface area contributed by atoms with Crippen molar-refractivity contribution in [3.8, 4) is 0 Å². The van der Waals surface area contributed by atoms with Crippen molar-refractivity contribution in [3.63, 3.8) is 0 Å². The van der Waals surface area contributed by atoms with Crippen LogP contribution in [0.15, 0.2) is 24.3 Å². The number of amides is 2. The summed E-state index contributed by atoms with van der Waals surface area (Å²) in [6, 6.07) is 6.80. The lowest BCUT2D eigenvalue weighted by molar-refractivity contribution is -0.140. The molecule has 1 heterocycles. The maximum Gasteiger partial charge on any atom is 0.308 e. The molecule has 6 heteroatoms. The number of aliphatic carboxylic acids is 1. The number of carboxylic acid groups (broad SMARTS) is 1. The molecule has 2 N–H and O–H groups in total. The summed E-state index contributed by atoms with van der Waals surface area (Å²) in [6.45, 7) is 2.33. The Morgan fingerprint density at radius 2 is 1.95 bits per heavy atom. The van der Waals surface area contributed by atoms with E-state index in [1.54, 1.807) is 29.2 Å². The van der Waals surface area contributed by atoms with Crippen molar-refractivity contribution >= 4 is 23.5 Å². The number of hydrogen-bond acceptors (Lipinski definition) is 3. The van der Waals surface area contributed by atoms with Crippen LogP contribution in [0.3, 0.4) is 0 Å². The average molecular weight is 304 g/mol. The zero-order valence-electron chi connectivity index (χ0n) is 12.5. The van der Waals surface area contributed by atoms with E-state index in [-0.39, 0.29) is 18.4 Å². The molecule has 1 saturated heterocycles. The molecule has 1 aliphatic heterocycles. The van der Waals surface area contributed by atoms with Gasteiger partial charge >= 0.3 is 5.97 Å². The first-order valence-corrected chi connectivity index (χ1v) is 7.40. The molecule has 6 nitrogen and oxygen atoms in total. The molecule has 0 aromatic heterocycles. The third kappa shape index (κ3) is 3.84. The van der Waals surface area contributed by atoms with E-state index in [9.17, 15) is 14.4 Å². The zero-order valence-corrected chi connectivity index (χ0v) is 12.5.